The van der Waals surface area contributed by atoms with E-state index in [0.717, 1.165) is 92.0 Å². The molecule has 0 bridgehead atoms. The zero-order valence-electron chi connectivity index (χ0n) is 40.7. The first-order chi connectivity index (χ1) is 34.6. The summed E-state index contributed by atoms with van der Waals surface area (Å²) in [5, 5.41) is 44.7. The number of nitro benzene ring substituents is 2. The Kier molecular flexibility index (Phi) is 14.9. The highest BCUT2D eigenvalue weighted by atomic mass is 16.6. The largest absolute Gasteiger partial charge is 0.395 e. The third-order valence-electron chi connectivity index (χ3n) is 14.6. The van der Waals surface area contributed by atoms with E-state index in [0.29, 0.717) is 13.1 Å². The fourth-order valence-electron chi connectivity index (χ4n) is 10.9. The molecule has 362 valence electrons. The van der Waals surface area contributed by atoms with Crippen molar-refractivity contribution < 1.29 is 20.1 Å². The summed E-state index contributed by atoms with van der Waals surface area (Å²) in [6.07, 6.45) is 23.7. The summed E-state index contributed by atoms with van der Waals surface area (Å²) >= 11 is 0. The fraction of sp³-hybridized carbons (Fsp3) is 0.279. The van der Waals surface area contributed by atoms with Crippen molar-refractivity contribution in [3.05, 3.63) is 187 Å². The molecule has 1 aliphatic carbocycles. The fourth-order valence-corrected chi connectivity index (χ4v) is 10.9. The van der Waals surface area contributed by atoms with Gasteiger partial charge in [-0.1, -0.05) is 126 Å². The van der Waals surface area contributed by atoms with Crippen LogP contribution in [0.25, 0.3) is 79.5 Å². The first-order valence-electron chi connectivity index (χ1n) is 25.3. The number of rotatable bonds is 22. The monoisotopic (exact) mass is 946 g/mol. The van der Waals surface area contributed by atoms with Gasteiger partial charge in [0.05, 0.1) is 23.1 Å². The van der Waals surface area contributed by atoms with E-state index in [-0.39, 0.29) is 39.9 Å². The molecule has 0 saturated carbocycles. The highest BCUT2D eigenvalue weighted by Crippen LogP contribution is 2.56. The van der Waals surface area contributed by atoms with Crippen molar-refractivity contribution in [1.29, 1.82) is 0 Å². The number of hydrogen-bond acceptors (Lipinski definition) is 6. The molecule has 2 aromatic heterocycles. The van der Waals surface area contributed by atoms with E-state index in [1.807, 2.05) is 12.2 Å². The van der Waals surface area contributed by atoms with Gasteiger partial charge in [0, 0.05) is 88.1 Å². The number of aromatic nitrogens is 2. The predicted molar refractivity (Wildman–Crippen MR) is 290 cm³/mol. The third kappa shape index (κ3) is 10.1. The van der Waals surface area contributed by atoms with Crippen molar-refractivity contribution in [1.82, 2.24) is 9.13 Å². The summed E-state index contributed by atoms with van der Waals surface area (Å²) in [5.74, 6) is 0. The maximum Gasteiger partial charge on any atom is 0.269 e. The smallest absolute Gasteiger partial charge is 0.269 e. The van der Waals surface area contributed by atoms with E-state index < -0.39 is 0 Å². The molecule has 0 unspecified atom stereocenters. The predicted octanol–water partition coefficient (Wildman–Crippen LogP) is 15.3. The van der Waals surface area contributed by atoms with Gasteiger partial charge < -0.3 is 19.3 Å². The van der Waals surface area contributed by atoms with Crippen molar-refractivity contribution in [2.24, 2.45) is 0 Å². The number of aliphatic hydroxyl groups excluding tert-OH is 2. The minimum atomic E-state index is -0.387. The lowest BCUT2D eigenvalue weighted by Gasteiger charge is -2.33. The Morgan fingerprint density at radius 1 is 0.493 bits per heavy atom. The highest BCUT2D eigenvalue weighted by molar-refractivity contribution is 5.97. The molecule has 0 atom stereocenters. The molecule has 0 spiro atoms. The van der Waals surface area contributed by atoms with Crippen molar-refractivity contribution >= 4 is 57.5 Å². The Hall–Kier alpha value is -7.40. The van der Waals surface area contributed by atoms with Crippen LogP contribution in [-0.2, 0) is 18.5 Å². The maximum atomic E-state index is 11.3. The number of hydrogen-bond donors (Lipinski definition) is 2. The van der Waals surface area contributed by atoms with Crippen LogP contribution in [0.15, 0.2) is 134 Å². The molecule has 10 nitrogen and oxygen atoms in total. The maximum absolute atomic E-state index is 11.3. The van der Waals surface area contributed by atoms with Crippen molar-refractivity contribution in [2.75, 3.05) is 13.2 Å². The highest BCUT2D eigenvalue weighted by Gasteiger charge is 2.42. The summed E-state index contributed by atoms with van der Waals surface area (Å²) in [6, 6.07) is 40.6. The number of benzene rings is 6. The van der Waals surface area contributed by atoms with E-state index in [1.54, 1.807) is 24.3 Å². The van der Waals surface area contributed by atoms with Gasteiger partial charge in [-0.05, 0) is 129 Å². The van der Waals surface area contributed by atoms with E-state index in [1.165, 1.54) is 85.0 Å². The molecule has 2 heterocycles. The lowest BCUT2D eigenvalue weighted by molar-refractivity contribution is -0.385. The summed E-state index contributed by atoms with van der Waals surface area (Å²) in [4.78, 5) is 21.8. The van der Waals surface area contributed by atoms with Gasteiger partial charge in [-0.2, -0.15) is 0 Å². The molecule has 9 rings (SSSR count). The van der Waals surface area contributed by atoms with E-state index >= 15 is 0 Å². The average molecular weight is 947 g/mol. The molecule has 0 aliphatic heterocycles. The molecule has 6 aromatic carbocycles. The first kappa shape index (κ1) is 48.6. The Bertz CT molecular complexity index is 3050. The van der Waals surface area contributed by atoms with Gasteiger partial charge in [-0.3, -0.25) is 20.2 Å². The molecule has 2 N–H and O–H groups in total. The minimum Gasteiger partial charge on any atom is -0.395 e. The Balaban J connectivity index is 1.13. The van der Waals surface area contributed by atoms with E-state index in [4.69, 9.17) is 0 Å². The van der Waals surface area contributed by atoms with Crippen molar-refractivity contribution in [3.63, 3.8) is 0 Å². The van der Waals surface area contributed by atoms with Crippen LogP contribution in [0.5, 0.6) is 0 Å². The van der Waals surface area contributed by atoms with Crippen molar-refractivity contribution in [3.8, 4) is 33.4 Å². The molecule has 0 radical (unpaired) electrons. The number of unbranched alkanes of at least 4 members (excludes halogenated alkanes) is 6. The first-order valence-corrected chi connectivity index (χ1v) is 25.3. The summed E-state index contributed by atoms with van der Waals surface area (Å²) in [6.45, 7) is 5.50. The summed E-state index contributed by atoms with van der Waals surface area (Å²) in [7, 11) is 0. The average Bonchev–Trinajstić information content (AvgIpc) is 4.01. The zero-order valence-corrected chi connectivity index (χ0v) is 40.7. The molecule has 0 amide bonds. The van der Waals surface area contributed by atoms with Gasteiger partial charge in [-0.25, -0.2) is 0 Å². The normalized spacial score (nSPS) is 13.0. The van der Waals surface area contributed by atoms with Crippen molar-refractivity contribution in [2.45, 2.75) is 96.6 Å². The van der Waals surface area contributed by atoms with Gasteiger partial charge in [-0.15, -0.1) is 0 Å². The molecule has 0 fully saturated rings. The Morgan fingerprint density at radius 2 is 0.887 bits per heavy atom. The van der Waals surface area contributed by atoms with Gasteiger partial charge in [0.1, 0.15) is 0 Å². The molecule has 8 aromatic rings. The SMILES string of the molecule is CCCCCCC1(CCCCCC)c2cc(-c3ccc4c(c3)c(/C=C/c3ccc([N+](=O)[O-])cc3)cn4CCO)ccc2-c2ccc(-c3ccc4c(c3)c(/C=C/c3ccc([N+](=O)[O-])cc3)cn4CCO)cc21. The number of non-ortho nitro benzene ring substituents is 2. The second kappa shape index (κ2) is 21.7. The quantitative estimate of drug-likeness (QED) is 0.0394. The van der Waals surface area contributed by atoms with Crippen LogP contribution < -0.4 is 0 Å². The Morgan fingerprint density at radius 3 is 1.27 bits per heavy atom. The molecule has 1 aliphatic rings. The molecular formula is C61H62N4O6. The van der Waals surface area contributed by atoms with E-state index in [9.17, 15) is 30.4 Å². The van der Waals surface area contributed by atoms with Crippen LogP contribution in [0.4, 0.5) is 11.4 Å². The minimum absolute atomic E-state index is 0.0139. The number of fused-ring (bicyclic) bond motifs is 5. The zero-order chi connectivity index (χ0) is 49.5. The second-order valence-corrected chi connectivity index (χ2v) is 19.1. The van der Waals surface area contributed by atoms with Crippen LogP contribution in [0.2, 0.25) is 0 Å². The molecule has 71 heavy (non-hydrogen) atoms. The van der Waals surface area contributed by atoms with Gasteiger partial charge in [0.15, 0.2) is 0 Å². The lowest BCUT2D eigenvalue weighted by Crippen LogP contribution is -2.25. The van der Waals surface area contributed by atoms with Gasteiger partial charge >= 0.3 is 0 Å². The topological polar surface area (TPSA) is 137 Å². The number of aliphatic hydroxyl groups is 2. The standard InChI is InChI=1S/C61H62N4O6/c1-3-5-7-9-31-61(32-10-8-6-4-2)57-39-47(45-21-29-59-55(37-45)49(41-62(59)33-35-66)17-11-43-13-23-51(24-14-43)64(68)69)19-27-53(57)54-28-20-48(40-58(54)61)46-22-30-60-56(38-46)50(42-63(60)34-36-67)18-12-44-15-25-52(26-16-44)65(70)71/h11-30,37-42,66-67H,3-10,31-36H2,1-2H3/b17-11+,18-12+. The summed E-state index contributed by atoms with van der Waals surface area (Å²) in [5.41, 5.74) is 15.7. The lowest BCUT2D eigenvalue weighted by atomic mass is 9.70. The molecular weight excluding hydrogens is 885 g/mol. The van der Waals surface area contributed by atoms with Crippen LogP contribution in [-0.4, -0.2) is 42.4 Å². The van der Waals surface area contributed by atoms with Gasteiger partial charge in [0.2, 0.25) is 0 Å². The Labute approximate surface area is 415 Å². The van der Waals surface area contributed by atoms with Crippen LogP contribution in [0.3, 0.4) is 0 Å². The van der Waals surface area contributed by atoms with Gasteiger partial charge in [0.25, 0.3) is 11.4 Å². The van der Waals surface area contributed by atoms with Crippen LogP contribution >= 0.6 is 0 Å². The second-order valence-electron chi connectivity index (χ2n) is 19.1. The third-order valence-corrected chi connectivity index (χ3v) is 14.6. The van der Waals surface area contributed by atoms with E-state index in [2.05, 4.69) is 120 Å². The number of nitro groups is 2. The summed E-state index contributed by atoms with van der Waals surface area (Å²) < 4.78 is 4.18. The molecule has 0 saturated heterocycles. The van der Waals surface area contributed by atoms with Crippen LogP contribution in [0.1, 0.15) is 111 Å². The number of nitrogens with zero attached hydrogens (tertiary/aromatic N) is 4. The van der Waals surface area contributed by atoms with Crippen LogP contribution in [0, 0.1) is 20.2 Å². The molecule has 10 heteroatoms.